The number of carbonyl (C=O) groups is 3. The van der Waals surface area contributed by atoms with Crippen LogP contribution in [0.3, 0.4) is 0 Å². The molecule has 176 valence electrons. The van der Waals surface area contributed by atoms with Gasteiger partial charge in [0.05, 0.1) is 5.69 Å². The fourth-order valence-corrected chi connectivity index (χ4v) is 4.60. The molecule has 0 saturated carbocycles. The van der Waals surface area contributed by atoms with Gasteiger partial charge in [-0.15, -0.1) is 11.3 Å². The van der Waals surface area contributed by atoms with Crippen LogP contribution in [0.25, 0.3) is 11.3 Å². The molecule has 4 rings (SSSR count). The Kier molecular flexibility index (Phi) is 7.69. The lowest BCUT2D eigenvalue weighted by molar-refractivity contribution is -0.128. The third-order valence-corrected chi connectivity index (χ3v) is 6.51. The Morgan fingerprint density at radius 3 is 2.47 bits per heavy atom. The standard InChI is InChI=1S/C26H28N4O3S/c1-18(31)27-14-2-4-19-6-10-21(11-7-19)23-17-34-26(28-23)29-25(33)22-12-8-20(9-13-22)16-30-15-3-5-24(30)32/h6-13,17H,2-5,14-16H2,1H3,(H,27,31)(H,28,29,33). The van der Waals surface area contributed by atoms with E-state index in [9.17, 15) is 14.4 Å². The largest absolute Gasteiger partial charge is 0.356 e. The van der Waals surface area contributed by atoms with Crippen LogP contribution in [0.1, 0.15) is 47.7 Å². The van der Waals surface area contributed by atoms with Crippen LogP contribution in [0, 0.1) is 0 Å². The number of likely N-dealkylation sites (tertiary alicyclic amines) is 1. The van der Waals surface area contributed by atoms with Gasteiger partial charge in [-0.3, -0.25) is 19.7 Å². The molecule has 0 bridgehead atoms. The highest BCUT2D eigenvalue weighted by molar-refractivity contribution is 7.14. The van der Waals surface area contributed by atoms with Gasteiger partial charge in [0.1, 0.15) is 0 Å². The minimum absolute atomic E-state index is 0.00556. The summed E-state index contributed by atoms with van der Waals surface area (Å²) in [4.78, 5) is 41.8. The van der Waals surface area contributed by atoms with E-state index in [2.05, 4.69) is 27.8 Å². The monoisotopic (exact) mass is 476 g/mol. The number of thiazole rings is 1. The average molecular weight is 477 g/mol. The van der Waals surface area contributed by atoms with E-state index >= 15 is 0 Å². The summed E-state index contributed by atoms with van der Waals surface area (Å²) >= 11 is 1.39. The minimum atomic E-state index is -0.209. The first-order chi connectivity index (χ1) is 16.5. The maximum absolute atomic E-state index is 12.6. The molecule has 0 spiro atoms. The Bertz CT molecular complexity index is 1160. The van der Waals surface area contributed by atoms with E-state index in [0.29, 0.717) is 30.2 Å². The molecule has 34 heavy (non-hydrogen) atoms. The second-order valence-corrected chi connectivity index (χ2v) is 9.25. The third-order valence-electron chi connectivity index (χ3n) is 5.75. The molecule has 2 heterocycles. The van der Waals surface area contributed by atoms with E-state index in [4.69, 9.17) is 0 Å². The lowest BCUT2D eigenvalue weighted by Gasteiger charge is -2.15. The molecule has 1 saturated heterocycles. The van der Waals surface area contributed by atoms with Crippen LogP contribution in [-0.4, -0.2) is 40.7 Å². The number of anilines is 1. The Balaban J connectivity index is 1.30. The van der Waals surface area contributed by atoms with Gasteiger partial charge in [0.15, 0.2) is 5.13 Å². The number of nitrogens with zero attached hydrogens (tertiary/aromatic N) is 2. The molecular formula is C26H28N4O3S. The molecule has 1 fully saturated rings. The fraction of sp³-hybridized carbons (Fsp3) is 0.308. The van der Waals surface area contributed by atoms with E-state index in [1.54, 1.807) is 12.1 Å². The Morgan fingerprint density at radius 1 is 1.06 bits per heavy atom. The number of aryl methyl sites for hydroxylation is 1. The second-order valence-electron chi connectivity index (χ2n) is 8.39. The van der Waals surface area contributed by atoms with E-state index < -0.39 is 0 Å². The number of amides is 3. The molecule has 8 heteroatoms. The molecular weight excluding hydrogens is 448 g/mol. The predicted octanol–water partition coefficient (Wildman–Crippen LogP) is 4.25. The van der Waals surface area contributed by atoms with Crippen LogP contribution in [0.4, 0.5) is 5.13 Å². The molecule has 1 aliphatic rings. The van der Waals surface area contributed by atoms with E-state index in [-0.39, 0.29) is 17.7 Å². The van der Waals surface area contributed by atoms with Gasteiger partial charge in [-0.25, -0.2) is 4.98 Å². The summed E-state index contributed by atoms with van der Waals surface area (Å²) in [6, 6.07) is 15.5. The van der Waals surface area contributed by atoms with E-state index in [1.807, 2.05) is 34.5 Å². The summed E-state index contributed by atoms with van der Waals surface area (Å²) in [6.45, 7) is 3.59. The van der Waals surface area contributed by atoms with Crippen LogP contribution >= 0.6 is 11.3 Å². The van der Waals surface area contributed by atoms with Gasteiger partial charge in [-0.1, -0.05) is 36.4 Å². The molecule has 1 aliphatic heterocycles. The number of hydrogen-bond donors (Lipinski definition) is 2. The molecule has 0 unspecified atom stereocenters. The van der Waals surface area contributed by atoms with Crippen LogP contribution in [0.15, 0.2) is 53.9 Å². The first-order valence-corrected chi connectivity index (χ1v) is 12.3. The first kappa shape index (κ1) is 23.6. The average Bonchev–Trinajstić information content (AvgIpc) is 3.46. The highest BCUT2D eigenvalue weighted by Gasteiger charge is 2.20. The zero-order valence-electron chi connectivity index (χ0n) is 19.2. The van der Waals surface area contributed by atoms with Crippen molar-refractivity contribution >= 4 is 34.2 Å². The Hall–Kier alpha value is -3.52. The van der Waals surface area contributed by atoms with Gasteiger partial charge >= 0.3 is 0 Å². The van der Waals surface area contributed by atoms with Crippen LogP contribution in [-0.2, 0) is 22.6 Å². The summed E-state index contributed by atoms with van der Waals surface area (Å²) in [5.41, 5.74) is 4.58. The molecule has 0 aliphatic carbocycles. The van der Waals surface area contributed by atoms with E-state index in [0.717, 1.165) is 42.6 Å². The fourth-order valence-electron chi connectivity index (χ4n) is 3.89. The van der Waals surface area contributed by atoms with Crippen molar-refractivity contribution in [2.45, 2.75) is 39.2 Å². The van der Waals surface area contributed by atoms with Gasteiger partial charge in [-0.05, 0) is 42.5 Å². The maximum atomic E-state index is 12.6. The van der Waals surface area contributed by atoms with Crippen molar-refractivity contribution in [1.82, 2.24) is 15.2 Å². The number of hydrogen-bond acceptors (Lipinski definition) is 5. The summed E-state index contributed by atoms with van der Waals surface area (Å²) in [6.07, 6.45) is 3.33. The molecule has 3 aromatic rings. The van der Waals surface area contributed by atoms with Crippen molar-refractivity contribution < 1.29 is 14.4 Å². The molecule has 0 radical (unpaired) electrons. The van der Waals surface area contributed by atoms with Crippen molar-refractivity contribution in [2.75, 3.05) is 18.4 Å². The lowest BCUT2D eigenvalue weighted by atomic mass is 10.1. The van der Waals surface area contributed by atoms with Crippen molar-refractivity contribution in [1.29, 1.82) is 0 Å². The molecule has 0 atom stereocenters. The summed E-state index contributed by atoms with van der Waals surface area (Å²) < 4.78 is 0. The van der Waals surface area contributed by atoms with Crippen LogP contribution < -0.4 is 10.6 Å². The summed E-state index contributed by atoms with van der Waals surface area (Å²) in [5.74, 6) is -0.0220. The van der Waals surface area contributed by atoms with Crippen molar-refractivity contribution in [3.63, 3.8) is 0 Å². The number of rotatable bonds is 9. The number of nitrogens with one attached hydrogen (secondary N) is 2. The van der Waals surface area contributed by atoms with Gasteiger partial charge in [0.25, 0.3) is 5.91 Å². The number of benzene rings is 2. The topological polar surface area (TPSA) is 91.4 Å². The first-order valence-electron chi connectivity index (χ1n) is 11.5. The molecule has 2 aromatic carbocycles. The maximum Gasteiger partial charge on any atom is 0.257 e. The normalized spacial score (nSPS) is 13.2. The van der Waals surface area contributed by atoms with Crippen molar-refractivity contribution in [2.24, 2.45) is 0 Å². The lowest BCUT2D eigenvalue weighted by Crippen LogP contribution is -2.23. The predicted molar refractivity (Wildman–Crippen MR) is 134 cm³/mol. The summed E-state index contributed by atoms with van der Waals surface area (Å²) in [5, 5.41) is 8.15. The molecule has 7 nitrogen and oxygen atoms in total. The van der Waals surface area contributed by atoms with Crippen LogP contribution in [0.5, 0.6) is 0 Å². The quantitative estimate of drug-likeness (QED) is 0.452. The Morgan fingerprint density at radius 2 is 1.79 bits per heavy atom. The zero-order chi connectivity index (χ0) is 23.9. The van der Waals surface area contributed by atoms with Gasteiger partial charge in [-0.2, -0.15) is 0 Å². The third kappa shape index (κ3) is 6.29. The zero-order valence-corrected chi connectivity index (χ0v) is 20.0. The SMILES string of the molecule is CC(=O)NCCCc1ccc(-c2csc(NC(=O)c3ccc(CN4CCCC4=O)cc3)n2)cc1. The number of carbonyl (C=O) groups excluding carboxylic acids is 3. The Labute approximate surface area is 203 Å². The van der Waals surface area contributed by atoms with Gasteiger partial charge in [0, 0.05) is 49.5 Å². The molecule has 2 N–H and O–H groups in total. The van der Waals surface area contributed by atoms with Gasteiger partial charge < -0.3 is 10.2 Å². The van der Waals surface area contributed by atoms with Crippen molar-refractivity contribution in [3.05, 3.63) is 70.6 Å². The van der Waals surface area contributed by atoms with E-state index in [1.165, 1.54) is 23.8 Å². The smallest absolute Gasteiger partial charge is 0.257 e. The highest BCUT2D eigenvalue weighted by Crippen LogP contribution is 2.26. The van der Waals surface area contributed by atoms with Gasteiger partial charge in [0.2, 0.25) is 11.8 Å². The number of aromatic nitrogens is 1. The second kappa shape index (κ2) is 11.1. The minimum Gasteiger partial charge on any atom is -0.356 e. The molecule has 3 amide bonds. The molecule has 1 aromatic heterocycles. The van der Waals surface area contributed by atoms with Crippen LogP contribution in [0.2, 0.25) is 0 Å². The highest BCUT2D eigenvalue weighted by atomic mass is 32.1. The summed E-state index contributed by atoms with van der Waals surface area (Å²) in [7, 11) is 0. The van der Waals surface area contributed by atoms with Crippen molar-refractivity contribution in [3.8, 4) is 11.3 Å².